The second kappa shape index (κ2) is 8.05. The molecule has 1 atom stereocenters. The van der Waals surface area contributed by atoms with Crippen molar-refractivity contribution in [3.63, 3.8) is 0 Å². The van der Waals surface area contributed by atoms with E-state index in [4.69, 9.17) is 30.3 Å². The van der Waals surface area contributed by atoms with E-state index in [-0.39, 0.29) is 6.10 Å². The first-order valence-corrected chi connectivity index (χ1v) is 10.0. The summed E-state index contributed by atoms with van der Waals surface area (Å²) >= 11 is 5.99. The van der Waals surface area contributed by atoms with Gasteiger partial charge in [-0.05, 0) is 42.0 Å². The van der Waals surface area contributed by atoms with Crippen molar-refractivity contribution < 1.29 is 18.7 Å². The molecule has 0 N–H and O–H groups in total. The van der Waals surface area contributed by atoms with Crippen LogP contribution in [0.4, 0.5) is 0 Å². The van der Waals surface area contributed by atoms with E-state index >= 15 is 0 Å². The van der Waals surface area contributed by atoms with Gasteiger partial charge in [0.05, 0.1) is 33.1 Å². The van der Waals surface area contributed by atoms with Crippen LogP contribution >= 0.6 is 11.6 Å². The first-order valence-electron chi connectivity index (χ1n) is 9.65. The van der Waals surface area contributed by atoms with Gasteiger partial charge in [-0.15, -0.1) is 0 Å². The maximum Gasteiger partial charge on any atom is 0.278 e. The van der Waals surface area contributed by atoms with Crippen LogP contribution in [0.15, 0.2) is 53.1 Å². The molecule has 0 radical (unpaired) electrons. The van der Waals surface area contributed by atoms with Gasteiger partial charge >= 0.3 is 0 Å². The van der Waals surface area contributed by atoms with Gasteiger partial charge in [-0.25, -0.2) is 0 Å². The fourth-order valence-electron chi connectivity index (χ4n) is 3.53. The van der Waals surface area contributed by atoms with Crippen molar-refractivity contribution in [1.82, 2.24) is 19.9 Å². The highest BCUT2D eigenvalue weighted by Crippen LogP contribution is 2.33. The molecular formula is C22H19ClN4O4. The molecule has 0 spiro atoms. The molecule has 0 amide bonds. The van der Waals surface area contributed by atoms with Gasteiger partial charge in [0.1, 0.15) is 6.10 Å². The molecule has 0 aliphatic carbocycles. The van der Waals surface area contributed by atoms with Crippen molar-refractivity contribution in [2.24, 2.45) is 0 Å². The maximum atomic E-state index is 6.01. The molecule has 2 aromatic carbocycles. The van der Waals surface area contributed by atoms with Crippen LogP contribution in [-0.4, -0.2) is 34.1 Å². The zero-order valence-electron chi connectivity index (χ0n) is 16.9. The molecule has 0 unspecified atom stereocenters. The van der Waals surface area contributed by atoms with Crippen molar-refractivity contribution in [2.75, 3.05) is 14.2 Å². The maximum absolute atomic E-state index is 6.01. The van der Waals surface area contributed by atoms with Crippen LogP contribution < -0.4 is 9.47 Å². The third kappa shape index (κ3) is 3.75. The Bertz CT molecular complexity index is 1220. The zero-order chi connectivity index (χ0) is 21.4. The minimum absolute atomic E-state index is 0.0949. The number of ether oxygens (including phenoxy) is 3. The lowest BCUT2D eigenvalue weighted by atomic mass is 10.1. The fourth-order valence-corrected chi connectivity index (χ4v) is 3.66. The summed E-state index contributed by atoms with van der Waals surface area (Å²) in [4.78, 5) is 4.51. The number of benzene rings is 2. The third-order valence-electron chi connectivity index (χ3n) is 5.16. The number of hydrogen-bond acceptors (Lipinski definition) is 7. The highest BCUT2D eigenvalue weighted by molar-refractivity contribution is 6.30. The molecule has 9 heteroatoms. The molecule has 0 saturated carbocycles. The van der Waals surface area contributed by atoms with E-state index in [9.17, 15) is 0 Å². The highest BCUT2D eigenvalue weighted by Gasteiger charge is 2.24. The Kier molecular flexibility index (Phi) is 5.09. The number of hydrogen-bond donors (Lipinski definition) is 0. The van der Waals surface area contributed by atoms with Crippen molar-refractivity contribution >= 4 is 11.6 Å². The minimum atomic E-state index is -0.0949. The van der Waals surface area contributed by atoms with Crippen LogP contribution in [0.25, 0.3) is 23.0 Å². The first kappa shape index (κ1) is 19.6. The fraction of sp³-hybridized carbons (Fsp3) is 0.227. The zero-order valence-corrected chi connectivity index (χ0v) is 17.7. The van der Waals surface area contributed by atoms with Crippen molar-refractivity contribution in [3.05, 3.63) is 64.8 Å². The quantitative estimate of drug-likeness (QED) is 0.452. The molecule has 2 aromatic heterocycles. The lowest BCUT2D eigenvalue weighted by molar-refractivity contribution is -0.00112. The second-order valence-electron chi connectivity index (χ2n) is 7.05. The summed E-state index contributed by atoms with van der Waals surface area (Å²) in [5.74, 6) is 2.01. The lowest BCUT2D eigenvalue weighted by Gasteiger charge is -2.24. The lowest BCUT2D eigenvalue weighted by Crippen LogP contribution is -2.21. The topological polar surface area (TPSA) is 84.4 Å². The molecule has 4 aromatic rings. The largest absolute Gasteiger partial charge is 0.493 e. The Morgan fingerprint density at radius 1 is 1.03 bits per heavy atom. The molecule has 5 rings (SSSR count). The van der Waals surface area contributed by atoms with Gasteiger partial charge in [-0.2, -0.15) is 10.1 Å². The normalized spacial score (nSPS) is 15.5. The monoisotopic (exact) mass is 438 g/mol. The van der Waals surface area contributed by atoms with E-state index in [1.54, 1.807) is 26.4 Å². The highest BCUT2D eigenvalue weighted by atomic mass is 35.5. The van der Waals surface area contributed by atoms with Gasteiger partial charge in [0.2, 0.25) is 5.82 Å². The predicted molar refractivity (Wildman–Crippen MR) is 113 cm³/mol. The second-order valence-corrected chi connectivity index (χ2v) is 7.48. The SMILES string of the molecule is COc1ccc(-c2noc(-c3cc4n(n3)C[C@@H](c3ccc(Cl)cc3)OC4)n2)cc1OC. The van der Waals surface area contributed by atoms with Crippen molar-refractivity contribution in [1.29, 1.82) is 0 Å². The first-order chi connectivity index (χ1) is 15.1. The molecular weight excluding hydrogens is 420 g/mol. The van der Waals surface area contributed by atoms with Crippen molar-refractivity contribution in [2.45, 2.75) is 19.3 Å². The van der Waals surface area contributed by atoms with Crippen LogP contribution in [0.1, 0.15) is 17.4 Å². The van der Waals surface area contributed by atoms with Gasteiger partial charge in [-0.3, -0.25) is 4.68 Å². The number of methoxy groups -OCH3 is 2. The number of nitrogens with zero attached hydrogens (tertiary/aromatic N) is 4. The van der Waals surface area contributed by atoms with Gasteiger partial charge in [0, 0.05) is 10.6 Å². The van der Waals surface area contributed by atoms with Crippen LogP contribution in [0.3, 0.4) is 0 Å². The molecule has 0 fully saturated rings. The summed E-state index contributed by atoms with van der Waals surface area (Å²) in [5, 5.41) is 9.44. The summed E-state index contributed by atoms with van der Waals surface area (Å²) in [7, 11) is 3.17. The van der Waals surface area contributed by atoms with Gasteiger partial charge in [0.25, 0.3) is 5.89 Å². The van der Waals surface area contributed by atoms with Crippen LogP contribution in [0, 0.1) is 0 Å². The van der Waals surface area contributed by atoms with E-state index in [0.29, 0.717) is 47.1 Å². The predicted octanol–water partition coefficient (Wildman–Crippen LogP) is 4.54. The summed E-state index contributed by atoms with van der Waals surface area (Å²) in [6.45, 7) is 1.03. The van der Waals surface area contributed by atoms with Gasteiger partial charge in [0.15, 0.2) is 17.2 Å². The van der Waals surface area contributed by atoms with Gasteiger partial charge in [-0.1, -0.05) is 28.9 Å². The van der Waals surface area contributed by atoms with Gasteiger partial charge < -0.3 is 18.7 Å². The number of aromatic nitrogens is 4. The Morgan fingerprint density at radius 2 is 1.84 bits per heavy atom. The average Bonchev–Trinajstić information content (AvgIpc) is 3.46. The molecule has 158 valence electrons. The van der Waals surface area contributed by atoms with E-state index in [1.165, 1.54) is 0 Å². The molecule has 0 bridgehead atoms. The summed E-state index contributed by atoms with van der Waals surface area (Å²) in [6.07, 6.45) is -0.0949. The summed E-state index contributed by atoms with van der Waals surface area (Å²) in [5.41, 5.74) is 3.36. The number of rotatable bonds is 5. The molecule has 31 heavy (non-hydrogen) atoms. The van der Waals surface area contributed by atoms with Crippen molar-refractivity contribution in [3.8, 4) is 34.5 Å². The molecule has 0 saturated heterocycles. The molecule has 3 heterocycles. The standard InChI is InChI=1S/C22H19ClN4O4/c1-28-18-8-5-14(9-19(18)29-2)21-24-22(31-26-21)17-10-16-12-30-20(11-27(16)25-17)13-3-6-15(23)7-4-13/h3-10,20H,11-12H2,1-2H3/t20-/m0/s1. The number of fused-ring (bicyclic) bond motifs is 1. The molecule has 8 nitrogen and oxygen atoms in total. The number of halogens is 1. The van der Waals surface area contributed by atoms with E-state index in [2.05, 4.69) is 15.2 Å². The van der Waals surface area contributed by atoms with E-state index < -0.39 is 0 Å². The van der Waals surface area contributed by atoms with Crippen LogP contribution in [0.5, 0.6) is 11.5 Å². The molecule has 1 aliphatic heterocycles. The van der Waals surface area contributed by atoms with Crippen LogP contribution in [0.2, 0.25) is 5.02 Å². The minimum Gasteiger partial charge on any atom is -0.493 e. The summed E-state index contributed by atoms with van der Waals surface area (Å²) < 4.78 is 24.0. The van der Waals surface area contributed by atoms with E-state index in [0.717, 1.165) is 16.8 Å². The van der Waals surface area contributed by atoms with E-state index in [1.807, 2.05) is 41.1 Å². The Hall–Kier alpha value is -3.36. The third-order valence-corrected chi connectivity index (χ3v) is 5.42. The Balaban J connectivity index is 1.39. The van der Waals surface area contributed by atoms with Crippen LogP contribution in [-0.2, 0) is 17.9 Å². The average molecular weight is 439 g/mol. The summed E-state index contributed by atoms with van der Waals surface area (Å²) in [6, 6.07) is 15.0. The Morgan fingerprint density at radius 3 is 2.61 bits per heavy atom. The Labute approximate surface area is 183 Å². The smallest absolute Gasteiger partial charge is 0.278 e. The molecule has 1 aliphatic rings.